The summed E-state index contributed by atoms with van der Waals surface area (Å²) < 4.78 is 0. The average molecular weight is 179 g/mol. The van der Waals surface area contributed by atoms with Gasteiger partial charge in [0.05, 0.1) is 6.07 Å². The Morgan fingerprint density at radius 2 is 1.33 bits per heavy atom. The molecule has 0 aromatic carbocycles. The van der Waals surface area contributed by atoms with Crippen LogP contribution in [0.2, 0.25) is 0 Å². The third kappa shape index (κ3) is 1650. The molecule has 0 saturated heterocycles. The van der Waals surface area contributed by atoms with Crippen molar-refractivity contribution < 1.29 is 15.3 Å². The second kappa shape index (κ2) is 47.7. The van der Waals surface area contributed by atoms with Crippen LogP contribution in [0.4, 0.5) is 0 Å². The molecule has 0 radical (unpaired) electrons. The summed E-state index contributed by atoms with van der Waals surface area (Å²) in [4.78, 5) is 0. The molecule has 0 aliphatic rings. The van der Waals surface area contributed by atoms with Gasteiger partial charge in [0, 0.05) is 26.7 Å². The minimum absolute atomic E-state index is 0.167. The molecule has 0 aromatic rings. The van der Waals surface area contributed by atoms with Crippen molar-refractivity contribution in [1.82, 2.24) is 0 Å². The van der Waals surface area contributed by atoms with E-state index in [0.29, 0.717) is 0 Å². The van der Waals surface area contributed by atoms with Crippen LogP contribution >= 0.6 is 0 Å². The highest BCUT2D eigenvalue weighted by Gasteiger charge is 1.69. The molecule has 76 valence electrons. The first kappa shape index (κ1) is 22.5. The number of nitriles is 1. The molecular weight excluding hydrogens is 158 g/mol. The van der Waals surface area contributed by atoms with Crippen molar-refractivity contribution in [3.8, 4) is 6.07 Å². The van der Waals surface area contributed by atoms with Crippen molar-refractivity contribution in [2.75, 3.05) is 13.7 Å². The molecule has 0 aliphatic heterocycles. The fraction of sp³-hybridized carbons (Fsp3) is 0.875. The first-order valence-corrected chi connectivity index (χ1v) is 3.61. The molecule has 4 nitrogen and oxygen atoms in total. The van der Waals surface area contributed by atoms with Crippen LogP contribution in [0.5, 0.6) is 0 Å². The summed E-state index contributed by atoms with van der Waals surface area (Å²) >= 11 is 0. The van der Waals surface area contributed by atoms with Crippen LogP contribution in [-0.2, 0) is 0 Å². The summed E-state index contributed by atoms with van der Waals surface area (Å²) in [6.07, 6.45) is -0.167. The van der Waals surface area contributed by atoms with Crippen molar-refractivity contribution in [3.63, 3.8) is 0 Å². The zero-order chi connectivity index (χ0) is 11.0. The van der Waals surface area contributed by atoms with Crippen LogP contribution in [0.15, 0.2) is 0 Å². The van der Waals surface area contributed by atoms with Gasteiger partial charge in [-0.1, -0.05) is 0 Å². The Morgan fingerprint density at radius 3 is 1.33 bits per heavy atom. The largest absolute Gasteiger partial charge is 0.400 e. The molecule has 0 aliphatic carbocycles. The fourth-order valence-electron chi connectivity index (χ4n) is 0. The SMILES string of the molecule is CC#N.CC(C)O.CCO.CO. The Morgan fingerprint density at radius 1 is 1.33 bits per heavy atom. The Kier molecular flexibility index (Phi) is 89.4. The zero-order valence-corrected chi connectivity index (χ0v) is 8.57. The second-order valence-corrected chi connectivity index (χ2v) is 1.63. The van der Waals surface area contributed by atoms with Crippen molar-refractivity contribution in [3.05, 3.63) is 0 Å². The van der Waals surface area contributed by atoms with Gasteiger partial charge >= 0.3 is 0 Å². The summed E-state index contributed by atoms with van der Waals surface area (Å²) in [6, 6.07) is 1.75. The van der Waals surface area contributed by atoms with E-state index in [0.717, 1.165) is 7.11 Å². The molecule has 4 heteroatoms. The zero-order valence-electron chi connectivity index (χ0n) is 8.57. The number of aliphatic hydroxyl groups excluding tert-OH is 3. The molecule has 12 heavy (non-hydrogen) atoms. The summed E-state index contributed by atoms with van der Waals surface area (Å²) in [5.74, 6) is 0. The van der Waals surface area contributed by atoms with Crippen LogP contribution in [0.25, 0.3) is 0 Å². The standard InChI is InChI=1S/C3H8O.C2H3N.C2H6O.CH4O/c1-3(2)4;2*1-2-3;1-2/h3-4H,1-2H3;1H3;3H,2H2,1H3;2H,1H3. The van der Waals surface area contributed by atoms with Gasteiger partial charge in [-0.15, -0.1) is 0 Å². The minimum atomic E-state index is -0.167. The van der Waals surface area contributed by atoms with Gasteiger partial charge in [-0.25, -0.2) is 0 Å². The molecule has 0 amide bonds. The number of aliphatic hydroxyl groups is 3. The molecular formula is C8H21NO3. The van der Waals surface area contributed by atoms with E-state index in [2.05, 4.69) is 0 Å². The molecule has 0 unspecified atom stereocenters. The molecule has 0 heterocycles. The maximum absolute atomic E-state index is 8.06. The Balaban J connectivity index is -0.0000000368. The highest BCUT2D eigenvalue weighted by atomic mass is 16.3. The van der Waals surface area contributed by atoms with Crippen LogP contribution in [-0.4, -0.2) is 35.1 Å². The van der Waals surface area contributed by atoms with Gasteiger partial charge in [-0.2, -0.15) is 5.26 Å². The Labute approximate surface area is 75.1 Å². The number of hydrogen-bond acceptors (Lipinski definition) is 4. The third-order valence-electron chi connectivity index (χ3n) is 0. The highest BCUT2D eigenvalue weighted by molar-refractivity contribution is 4.51. The monoisotopic (exact) mass is 179 g/mol. The fourth-order valence-corrected chi connectivity index (χ4v) is 0. The van der Waals surface area contributed by atoms with Crippen LogP contribution in [0, 0.1) is 11.3 Å². The minimum Gasteiger partial charge on any atom is -0.400 e. The summed E-state index contributed by atoms with van der Waals surface area (Å²) in [7, 11) is 1.00. The van der Waals surface area contributed by atoms with Gasteiger partial charge in [-0.3, -0.25) is 0 Å². The van der Waals surface area contributed by atoms with E-state index in [4.69, 9.17) is 20.6 Å². The number of nitrogens with zero attached hydrogens (tertiary/aromatic N) is 1. The number of hydrogen-bond donors (Lipinski definition) is 3. The average Bonchev–Trinajstić information content (AvgIpc) is 1.92. The van der Waals surface area contributed by atoms with Gasteiger partial charge < -0.3 is 15.3 Å². The molecule has 0 spiro atoms. The van der Waals surface area contributed by atoms with E-state index in [-0.39, 0.29) is 12.7 Å². The van der Waals surface area contributed by atoms with E-state index in [1.54, 1.807) is 26.8 Å². The predicted molar refractivity (Wildman–Crippen MR) is 49.5 cm³/mol. The van der Waals surface area contributed by atoms with Crippen molar-refractivity contribution in [2.45, 2.75) is 33.8 Å². The smallest absolute Gasteiger partial charge is 0.0587 e. The van der Waals surface area contributed by atoms with Crippen molar-refractivity contribution in [2.24, 2.45) is 0 Å². The third-order valence-corrected chi connectivity index (χ3v) is 0. The van der Waals surface area contributed by atoms with Gasteiger partial charge in [-0.05, 0) is 20.8 Å². The van der Waals surface area contributed by atoms with Gasteiger partial charge in [0.2, 0.25) is 0 Å². The highest BCUT2D eigenvalue weighted by Crippen LogP contribution is 1.65. The molecule has 0 saturated carbocycles. The maximum Gasteiger partial charge on any atom is 0.0587 e. The van der Waals surface area contributed by atoms with E-state index in [1.165, 1.54) is 6.92 Å². The summed E-state index contributed by atoms with van der Waals surface area (Å²) in [5, 5.41) is 29.9. The predicted octanol–water partition coefficient (Wildman–Crippen LogP) is 0.524. The molecule has 0 fully saturated rings. The lowest BCUT2D eigenvalue weighted by atomic mass is 10.5. The normalized spacial score (nSPS) is 5.67. The van der Waals surface area contributed by atoms with E-state index < -0.39 is 0 Å². The Bertz CT molecular complexity index is 66.4. The molecule has 3 N–H and O–H groups in total. The van der Waals surface area contributed by atoms with Crippen LogP contribution in [0.3, 0.4) is 0 Å². The summed E-state index contributed by atoms with van der Waals surface area (Å²) in [5.41, 5.74) is 0. The van der Waals surface area contributed by atoms with Gasteiger partial charge in [0.1, 0.15) is 0 Å². The van der Waals surface area contributed by atoms with Gasteiger partial charge in [0.25, 0.3) is 0 Å². The molecule has 0 aromatic heterocycles. The first-order valence-electron chi connectivity index (χ1n) is 3.61. The lowest BCUT2D eigenvalue weighted by Gasteiger charge is -1.80. The Hall–Kier alpha value is -0.630. The molecule has 0 atom stereocenters. The topological polar surface area (TPSA) is 84.5 Å². The summed E-state index contributed by atoms with van der Waals surface area (Å²) in [6.45, 7) is 6.81. The molecule has 0 bridgehead atoms. The number of rotatable bonds is 0. The van der Waals surface area contributed by atoms with Crippen LogP contribution in [0.1, 0.15) is 27.7 Å². The van der Waals surface area contributed by atoms with Crippen LogP contribution < -0.4 is 0 Å². The van der Waals surface area contributed by atoms with Crippen molar-refractivity contribution >= 4 is 0 Å². The maximum atomic E-state index is 8.06. The lowest BCUT2D eigenvalue weighted by molar-refractivity contribution is 0.216. The lowest BCUT2D eigenvalue weighted by Crippen LogP contribution is -1.85. The van der Waals surface area contributed by atoms with E-state index in [9.17, 15) is 0 Å². The van der Waals surface area contributed by atoms with Gasteiger partial charge in [0.15, 0.2) is 0 Å². The first-order chi connectivity index (χ1) is 5.56. The second-order valence-electron chi connectivity index (χ2n) is 1.63. The van der Waals surface area contributed by atoms with E-state index in [1.807, 2.05) is 0 Å². The van der Waals surface area contributed by atoms with E-state index >= 15 is 0 Å². The van der Waals surface area contributed by atoms with Crippen molar-refractivity contribution in [1.29, 1.82) is 5.26 Å². The quantitative estimate of drug-likeness (QED) is 0.506. The molecule has 0 rings (SSSR count).